The predicted octanol–water partition coefficient (Wildman–Crippen LogP) is 1.57. The van der Waals surface area contributed by atoms with Gasteiger partial charge in [-0.15, -0.1) is 0 Å². The zero-order valence-electron chi connectivity index (χ0n) is 15.6. The van der Waals surface area contributed by atoms with Gasteiger partial charge in [-0.25, -0.2) is 4.39 Å². The van der Waals surface area contributed by atoms with E-state index in [0.717, 1.165) is 5.56 Å². The van der Waals surface area contributed by atoms with E-state index in [2.05, 4.69) is 5.32 Å². The van der Waals surface area contributed by atoms with Crippen molar-refractivity contribution in [2.75, 3.05) is 32.1 Å². The molecule has 146 valence electrons. The molecule has 0 spiro atoms. The molecule has 1 N–H and O–H groups in total. The number of nitrogens with zero attached hydrogens (tertiary/aromatic N) is 2. The van der Waals surface area contributed by atoms with Gasteiger partial charge in [-0.3, -0.25) is 19.3 Å². The molecule has 28 heavy (non-hydrogen) atoms. The number of anilines is 1. The molecule has 1 heterocycles. The molecule has 1 aliphatic heterocycles. The largest absolute Gasteiger partial charge is 0.482 e. The van der Waals surface area contributed by atoms with Crippen LogP contribution in [0, 0.1) is 5.82 Å². The topological polar surface area (TPSA) is 79.0 Å². The Labute approximate surface area is 161 Å². The van der Waals surface area contributed by atoms with Gasteiger partial charge in [0.2, 0.25) is 5.91 Å². The lowest BCUT2D eigenvalue weighted by molar-refractivity contribution is -0.130. The summed E-state index contributed by atoms with van der Waals surface area (Å²) in [7, 11) is 3.21. The van der Waals surface area contributed by atoms with E-state index in [1.54, 1.807) is 38.4 Å². The standard InChI is InChI=1S/C20H20FN3O4/c1-23(2)18(25)11-24-16-9-14(5-8-17(16)28-12-19(24)26)20(27)22-10-13-3-6-15(21)7-4-13/h3-9H,10-12H2,1-2H3,(H,22,27). The van der Waals surface area contributed by atoms with Gasteiger partial charge < -0.3 is 15.0 Å². The highest BCUT2D eigenvalue weighted by Gasteiger charge is 2.28. The number of benzene rings is 2. The average molecular weight is 385 g/mol. The number of halogens is 1. The second kappa shape index (κ2) is 8.08. The number of hydrogen-bond acceptors (Lipinski definition) is 4. The Balaban J connectivity index is 1.77. The normalized spacial score (nSPS) is 12.8. The molecule has 0 atom stereocenters. The van der Waals surface area contributed by atoms with Crippen LogP contribution in [0.5, 0.6) is 5.75 Å². The molecule has 3 rings (SSSR count). The van der Waals surface area contributed by atoms with Gasteiger partial charge in [0.25, 0.3) is 11.8 Å². The summed E-state index contributed by atoms with van der Waals surface area (Å²) >= 11 is 0. The van der Waals surface area contributed by atoms with E-state index >= 15 is 0 Å². The number of carbonyl (C=O) groups excluding carboxylic acids is 3. The summed E-state index contributed by atoms with van der Waals surface area (Å²) in [6.07, 6.45) is 0. The van der Waals surface area contributed by atoms with Crippen molar-refractivity contribution < 1.29 is 23.5 Å². The van der Waals surface area contributed by atoms with Crippen LogP contribution in [0.2, 0.25) is 0 Å². The fourth-order valence-corrected chi connectivity index (χ4v) is 2.68. The van der Waals surface area contributed by atoms with E-state index in [9.17, 15) is 18.8 Å². The molecule has 2 aromatic carbocycles. The van der Waals surface area contributed by atoms with Crippen molar-refractivity contribution in [1.82, 2.24) is 10.2 Å². The quantitative estimate of drug-likeness (QED) is 0.848. The number of nitrogens with one attached hydrogen (secondary N) is 1. The SMILES string of the molecule is CN(C)C(=O)CN1C(=O)COc2ccc(C(=O)NCc3ccc(F)cc3)cc21. The van der Waals surface area contributed by atoms with Crippen molar-refractivity contribution in [2.45, 2.75) is 6.54 Å². The lowest BCUT2D eigenvalue weighted by atomic mass is 10.1. The lowest BCUT2D eigenvalue weighted by Gasteiger charge is -2.30. The third-order valence-electron chi connectivity index (χ3n) is 4.32. The van der Waals surface area contributed by atoms with Crippen LogP contribution in [-0.2, 0) is 16.1 Å². The molecule has 2 aromatic rings. The third kappa shape index (κ3) is 4.28. The highest BCUT2D eigenvalue weighted by molar-refractivity contribution is 6.04. The van der Waals surface area contributed by atoms with Crippen molar-refractivity contribution in [3.8, 4) is 5.75 Å². The first-order valence-electron chi connectivity index (χ1n) is 8.65. The highest BCUT2D eigenvalue weighted by Crippen LogP contribution is 2.33. The fourth-order valence-electron chi connectivity index (χ4n) is 2.68. The van der Waals surface area contributed by atoms with Gasteiger partial charge in [-0.1, -0.05) is 12.1 Å². The molecule has 0 unspecified atom stereocenters. The number of ether oxygens (including phenoxy) is 1. The molecule has 0 aliphatic carbocycles. The molecule has 1 aliphatic rings. The Bertz CT molecular complexity index is 912. The Hall–Kier alpha value is -3.42. The Kier molecular flexibility index (Phi) is 5.58. The van der Waals surface area contributed by atoms with E-state index in [1.807, 2.05) is 0 Å². The van der Waals surface area contributed by atoms with Crippen LogP contribution in [0.4, 0.5) is 10.1 Å². The number of carbonyl (C=O) groups is 3. The number of hydrogen-bond donors (Lipinski definition) is 1. The molecule has 7 nitrogen and oxygen atoms in total. The Morgan fingerprint density at radius 3 is 2.57 bits per heavy atom. The van der Waals surface area contributed by atoms with Crippen molar-refractivity contribution >= 4 is 23.4 Å². The number of rotatable bonds is 5. The number of likely N-dealkylation sites (N-methyl/N-ethyl adjacent to an activating group) is 1. The molecule has 0 saturated heterocycles. The van der Waals surface area contributed by atoms with Gasteiger partial charge >= 0.3 is 0 Å². The summed E-state index contributed by atoms with van der Waals surface area (Å²) in [6.45, 7) is -0.0683. The van der Waals surface area contributed by atoms with Crippen molar-refractivity contribution in [3.05, 3.63) is 59.4 Å². The molecular formula is C20H20FN3O4. The molecule has 3 amide bonds. The van der Waals surface area contributed by atoms with Gasteiger partial charge in [-0.2, -0.15) is 0 Å². The van der Waals surface area contributed by atoms with Crippen LogP contribution < -0.4 is 15.0 Å². The van der Waals surface area contributed by atoms with Crippen LogP contribution in [0.15, 0.2) is 42.5 Å². The van der Waals surface area contributed by atoms with Crippen molar-refractivity contribution in [3.63, 3.8) is 0 Å². The maximum atomic E-state index is 13.0. The van der Waals surface area contributed by atoms with Gasteiger partial charge in [0, 0.05) is 26.2 Å². The summed E-state index contributed by atoms with van der Waals surface area (Å²) < 4.78 is 18.4. The number of fused-ring (bicyclic) bond motifs is 1. The van der Waals surface area contributed by atoms with Gasteiger partial charge in [0.05, 0.1) is 5.69 Å². The van der Waals surface area contributed by atoms with E-state index in [1.165, 1.54) is 28.0 Å². The molecule has 0 radical (unpaired) electrons. The predicted molar refractivity (Wildman–Crippen MR) is 101 cm³/mol. The van der Waals surface area contributed by atoms with E-state index < -0.39 is 0 Å². The number of amides is 3. The summed E-state index contributed by atoms with van der Waals surface area (Å²) in [5, 5.41) is 2.75. The average Bonchev–Trinajstić information content (AvgIpc) is 2.68. The summed E-state index contributed by atoms with van der Waals surface area (Å²) in [4.78, 5) is 39.5. The molecule has 0 bridgehead atoms. The van der Waals surface area contributed by atoms with Crippen LogP contribution in [0.1, 0.15) is 15.9 Å². The van der Waals surface area contributed by atoms with E-state index in [-0.39, 0.29) is 43.2 Å². The lowest BCUT2D eigenvalue weighted by Crippen LogP contribution is -2.45. The molecule has 0 fully saturated rings. The minimum atomic E-state index is -0.357. The monoisotopic (exact) mass is 385 g/mol. The van der Waals surface area contributed by atoms with Crippen LogP contribution in [0.25, 0.3) is 0 Å². The second-order valence-electron chi connectivity index (χ2n) is 6.55. The zero-order chi connectivity index (χ0) is 20.3. The molecule has 0 aromatic heterocycles. The maximum absolute atomic E-state index is 13.0. The molecular weight excluding hydrogens is 365 g/mol. The summed E-state index contributed by atoms with van der Waals surface area (Å²) in [5.74, 6) is -0.869. The fraction of sp³-hybridized carbons (Fsp3) is 0.250. The van der Waals surface area contributed by atoms with Gasteiger partial charge in [-0.05, 0) is 35.9 Å². The zero-order valence-corrected chi connectivity index (χ0v) is 15.6. The smallest absolute Gasteiger partial charge is 0.265 e. The molecule has 0 saturated carbocycles. The first-order chi connectivity index (χ1) is 13.3. The van der Waals surface area contributed by atoms with E-state index in [0.29, 0.717) is 17.0 Å². The first-order valence-corrected chi connectivity index (χ1v) is 8.65. The van der Waals surface area contributed by atoms with Crippen LogP contribution >= 0.6 is 0 Å². The van der Waals surface area contributed by atoms with Crippen LogP contribution in [0.3, 0.4) is 0 Å². The highest BCUT2D eigenvalue weighted by atomic mass is 19.1. The van der Waals surface area contributed by atoms with Gasteiger partial charge in [0.1, 0.15) is 18.1 Å². The van der Waals surface area contributed by atoms with Crippen molar-refractivity contribution in [2.24, 2.45) is 0 Å². The first kappa shape index (κ1) is 19.3. The minimum Gasteiger partial charge on any atom is -0.482 e. The molecule has 8 heteroatoms. The van der Waals surface area contributed by atoms with Gasteiger partial charge in [0.15, 0.2) is 6.61 Å². The van der Waals surface area contributed by atoms with Crippen LogP contribution in [-0.4, -0.2) is 49.9 Å². The van der Waals surface area contributed by atoms with Crippen molar-refractivity contribution in [1.29, 1.82) is 0 Å². The maximum Gasteiger partial charge on any atom is 0.265 e. The summed E-state index contributed by atoms with van der Waals surface area (Å²) in [5.41, 5.74) is 1.45. The van der Waals surface area contributed by atoms with E-state index in [4.69, 9.17) is 4.74 Å². The Morgan fingerprint density at radius 1 is 1.18 bits per heavy atom. The Morgan fingerprint density at radius 2 is 1.89 bits per heavy atom. The second-order valence-corrected chi connectivity index (χ2v) is 6.55. The minimum absolute atomic E-state index is 0.136. The third-order valence-corrected chi connectivity index (χ3v) is 4.32. The summed E-state index contributed by atoms with van der Waals surface area (Å²) in [6, 6.07) is 10.5.